The number of hydrogen-bond donors (Lipinski definition) is 2. The Kier molecular flexibility index (Phi) is 8.31. The van der Waals surface area contributed by atoms with Crippen LogP contribution in [-0.4, -0.2) is 54.3 Å². The van der Waals surface area contributed by atoms with Crippen LogP contribution in [0.4, 0.5) is 0 Å². The second-order valence-corrected chi connectivity index (χ2v) is 9.60. The Bertz CT molecular complexity index is 1140. The second-order valence-electron chi connectivity index (χ2n) is 9.60. The molecule has 1 fully saturated rings. The van der Waals surface area contributed by atoms with Crippen LogP contribution in [0.5, 0.6) is 0 Å². The lowest BCUT2D eigenvalue weighted by atomic mass is 9.62. The molecule has 1 aliphatic heterocycles. The van der Waals surface area contributed by atoms with Crippen LogP contribution in [0.3, 0.4) is 0 Å². The van der Waals surface area contributed by atoms with E-state index in [1.165, 1.54) is 0 Å². The van der Waals surface area contributed by atoms with Crippen LogP contribution >= 0.6 is 0 Å². The van der Waals surface area contributed by atoms with Gasteiger partial charge in [-0.3, -0.25) is 14.6 Å². The van der Waals surface area contributed by atoms with Crippen LogP contribution < -0.4 is 5.48 Å². The first-order valence-electron chi connectivity index (χ1n) is 12.5. The molecule has 0 spiro atoms. The van der Waals surface area contributed by atoms with Crippen molar-refractivity contribution in [3.8, 4) is 0 Å². The van der Waals surface area contributed by atoms with Crippen LogP contribution in [0, 0.1) is 5.41 Å². The largest absolute Gasteiger partial charge is 0.395 e. The number of benzene rings is 2. The minimum absolute atomic E-state index is 0.0409. The van der Waals surface area contributed by atoms with Crippen LogP contribution in [0.25, 0.3) is 0 Å². The lowest BCUT2D eigenvalue weighted by Gasteiger charge is -2.43. The predicted octanol–water partition coefficient (Wildman–Crippen LogP) is 3.56. The third kappa shape index (κ3) is 5.55. The van der Waals surface area contributed by atoms with Gasteiger partial charge < -0.3 is 14.7 Å². The van der Waals surface area contributed by atoms with E-state index in [-0.39, 0.29) is 24.9 Å². The Balaban J connectivity index is 1.60. The molecule has 1 aliphatic carbocycles. The minimum Gasteiger partial charge on any atom is -0.395 e. The highest BCUT2D eigenvalue weighted by atomic mass is 16.7. The van der Waals surface area contributed by atoms with Crippen LogP contribution in [0.15, 0.2) is 77.8 Å². The predicted molar refractivity (Wildman–Crippen MR) is 138 cm³/mol. The number of hydroxylamine groups is 1. The average molecular weight is 505 g/mol. The number of methoxy groups -OCH3 is 1. The number of aliphatic hydroxyl groups excluding tert-OH is 1. The summed E-state index contributed by atoms with van der Waals surface area (Å²) in [6.07, 6.45) is 7.02. The fourth-order valence-corrected chi connectivity index (χ4v) is 5.33. The van der Waals surface area contributed by atoms with Crippen molar-refractivity contribution >= 4 is 23.9 Å². The third-order valence-electron chi connectivity index (χ3n) is 7.49. The number of allylic oxidation sites excluding steroid dienone is 1. The van der Waals surface area contributed by atoms with Gasteiger partial charge in [-0.25, -0.2) is 4.79 Å². The van der Waals surface area contributed by atoms with Crippen molar-refractivity contribution in [2.45, 2.75) is 49.7 Å². The molecule has 2 aromatic rings. The molecule has 1 amide bonds. The summed E-state index contributed by atoms with van der Waals surface area (Å²) in [5, 5.41) is 10.5. The number of carbonyl (C=O) groups excluding carboxylic acids is 3. The lowest BCUT2D eigenvalue weighted by molar-refractivity contribution is -0.150. The van der Waals surface area contributed by atoms with Crippen LogP contribution in [0.2, 0.25) is 0 Å². The summed E-state index contributed by atoms with van der Waals surface area (Å²) in [6, 6.07) is 17.6. The Morgan fingerprint density at radius 2 is 1.70 bits per heavy atom. The highest BCUT2D eigenvalue weighted by Gasteiger charge is 2.55. The van der Waals surface area contributed by atoms with Crippen molar-refractivity contribution < 1.29 is 29.1 Å². The molecular weight excluding hydrogens is 472 g/mol. The molecule has 4 rings (SSSR count). The number of ketones is 1. The van der Waals surface area contributed by atoms with E-state index in [1.807, 2.05) is 30.3 Å². The molecule has 0 aromatic heterocycles. The molecule has 194 valence electrons. The minimum atomic E-state index is -1.40. The van der Waals surface area contributed by atoms with Crippen molar-refractivity contribution in [2.24, 2.45) is 10.4 Å². The molecule has 37 heavy (non-hydrogen) atoms. The summed E-state index contributed by atoms with van der Waals surface area (Å²) in [6.45, 7) is -0.313. The van der Waals surface area contributed by atoms with Gasteiger partial charge >= 0.3 is 5.97 Å². The summed E-state index contributed by atoms with van der Waals surface area (Å²) in [5.41, 5.74) is 0.876. The van der Waals surface area contributed by atoms with Crippen molar-refractivity contribution in [1.82, 2.24) is 5.48 Å². The molecule has 2 aromatic carbocycles. The monoisotopic (exact) mass is 504 g/mol. The average Bonchev–Trinajstić information content (AvgIpc) is 3.46. The maximum atomic E-state index is 14.3. The summed E-state index contributed by atoms with van der Waals surface area (Å²) in [7, 11) is 1.65. The van der Waals surface area contributed by atoms with Crippen LogP contribution in [-0.2, 0) is 19.2 Å². The van der Waals surface area contributed by atoms with Gasteiger partial charge in [0.15, 0.2) is 5.78 Å². The third-order valence-corrected chi connectivity index (χ3v) is 7.49. The molecule has 0 bridgehead atoms. The Morgan fingerprint density at radius 3 is 2.27 bits per heavy atom. The number of nitrogens with zero attached hydrogens (tertiary/aromatic N) is 1. The normalized spacial score (nSPS) is 25.4. The molecule has 8 nitrogen and oxygen atoms in total. The molecule has 0 radical (unpaired) electrons. The maximum Gasteiger partial charge on any atom is 0.332 e. The highest BCUT2D eigenvalue weighted by Crippen LogP contribution is 2.47. The first-order valence-corrected chi connectivity index (χ1v) is 12.5. The van der Waals surface area contributed by atoms with Gasteiger partial charge in [-0.1, -0.05) is 48.5 Å². The van der Waals surface area contributed by atoms with Gasteiger partial charge in [0.2, 0.25) is 0 Å². The van der Waals surface area contributed by atoms with Crippen molar-refractivity contribution in [1.29, 1.82) is 0 Å². The number of aliphatic hydroxyl groups is 1. The zero-order valence-electron chi connectivity index (χ0n) is 20.8. The second kappa shape index (κ2) is 11.6. The highest BCUT2D eigenvalue weighted by molar-refractivity contribution is 6.01. The van der Waals surface area contributed by atoms with Gasteiger partial charge in [-0.15, -0.1) is 0 Å². The zero-order valence-corrected chi connectivity index (χ0v) is 20.8. The number of amides is 1. The van der Waals surface area contributed by atoms with Gasteiger partial charge in [0, 0.05) is 24.8 Å². The van der Waals surface area contributed by atoms with Gasteiger partial charge in [0.1, 0.15) is 5.54 Å². The number of rotatable bonds is 9. The lowest BCUT2D eigenvalue weighted by Crippen LogP contribution is -2.53. The number of Topliss-reactive ketones (excluding diaryl/α,β-unsaturated/α-hetero) is 1. The smallest absolute Gasteiger partial charge is 0.332 e. The topological polar surface area (TPSA) is 114 Å². The van der Waals surface area contributed by atoms with E-state index in [0.717, 1.165) is 5.56 Å². The first-order chi connectivity index (χ1) is 17.9. The quantitative estimate of drug-likeness (QED) is 0.505. The first kappa shape index (κ1) is 26.4. The summed E-state index contributed by atoms with van der Waals surface area (Å²) >= 11 is 0. The Morgan fingerprint density at radius 1 is 1.05 bits per heavy atom. The van der Waals surface area contributed by atoms with E-state index in [9.17, 15) is 19.5 Å². The van der Waals surface area contributed by atoms with E-state index in [0.29, 0.717) is 31.2 Å². The SMILES string of the molecule is COC1CCC(CO)(C(=O)C2(C(CC(=O)ONC(=O)c3ccccc3)c3ccccc3)C=CC=N2)CC1. The number of nitrogens with one attached hydrogen (secondary N) is 1. The fraction of sp³-hybridized carbons (Fsp3) is 0.379. The summed E-state index contributed by atoms with van der Waals surface area (Å²) in [4.78, 5) is 49.4. The van der Waals surface area contributed by atoms with Gasteiger partial charge in [0.25, 0.3) is 5.91 Å². The van der Waals surface area contributed by atoms with Crippen molar-refractivity contribution in [3.63, 3.8) is 0 Å². The molecule has 2 aliphatic rings. The number of ether oxygens (including phenoxy) is 1. The van der Waals surface area contributed by atoms with Crippen molar-refractivity contribution in [2.75, 3.05) is 13.7 Å². The standard InChI is InChI=1S/C29H32N2O6/c1-36-23-13-16-28(20-32,17-14-23)27(35)29(15-8-18-30-29)24(21-9-4-2-5-10-21)19-25(33)37-31-26(34)22-11-6-3-7-12-22/h2-12,15,18,23-24,32H,13-14,16-17,19-20H2,1H3,(H,31,34). The fourth-order valence-electron chi connectivity index (χ4n) is 5.33. The molecule has 2 atom stereocenters. The Labute approximate surface area is 216 Å². The summed E-state index contributed by atoms with van der Waals surface area (Å²) < 4.78 is 5.47. The number of hydrogen-bond acceptors (Lipinski definition) is 7. The van der Waals surface area contributed by atoms with Crippen LogP contribution in [0.1, 0.15) is 53.9 Å². The molecule has 1 saturated carbocycles. The van der Waals surface area contributed by atoms with Gasteiger partial charge in [0.05, 0.1) is 24.5 Å². The molecule has 8 heteroatoms. The van der Waals surface area contributed by atoms with E-state index >= 15 is 0 Å². The van der Waals surface area contributed by atoms with Gasteiger partial charge in [-0.2, -0.15) is 5.48 Å². The number of aliphatic imine (C=N–C) groups is 1. The number of carbonyl (C=O) groups is 3. The van der Waals surface area contributed by atoms with E-state index in [2.05, 4.69) is 10.5 Å². The summed E-state index contributed by atoms with van der Waals surface area (Å²) in [5.74, 6) is -2.19. The molecule has 0 saturated heterocycles. The van der Waals surface area contributed by atoms with Crippen molar-refractivity contribution in [3.05, 3.63) is 83.9 Å². The zero-order chi connectivity index (χ0) is 26.3. The van der Waals surface area contributed by atoms with E-state index in [1.54, 1.807) is 55.8 Å². The molecule has 2 N–H and O–H groups in total. The van der Waals surface area contributed by atoms with E-state index in [4.69, 9.17) is 9.57 Å². The molecular formula is C29H32N2O6. The van der Waals surface area contributed by atoms with Gasteiger partial charge in [-0.05, 0) is 55.5 Å². The molecule has 1 heterocycles. The maximum absolute atomic E-state index is 14.3. The molecule has 2 unspecified atom stereocenters. The Hall–Kier alpha value is -3.62. The van der Waals surface area contributed by atoms with E-state index < -0.39 is 28.7 Å².